The second-order valence-corrected chi connectivity index (χ2v) is 22.3. The van der Waals surface area contributed by atoms with Crippen molar-refractivity contribution in [2.45, 2.75) is 151 Å². The standard InChI is InChI=1S/C48H83N3O5/c1-34(2)35-14-19-48(22-24-49-23-11-25-50-26-28-51(29-27-50)30-31-55-10)21-20-46(8)36(42(35)48)12-13-38-45(7)17-16-39(44(5,6)37(45)15-18-47(38,46)9)56-41(54)33-43(3,4)32-40(52)53/h35-39,42,49H,1,11-33H2,2-10H3,(H,52,53)/t35-,36+,37-,38+,39-,42+,45-,46+,47+,48+/m0/s1. The minimum absolute atomic E-state index is 0.0299. The molecule has 320 valence electrons. The molecule has 0 aromatic rings. The number of carboxylic acid groups (broad SMARTS) is 1. The minimum atomic E-state index is -0.866. The maximum Gasteiger partial charge on any atom is 0.306 e. The minimum Gasteiger partial charge on any atom is -0.481 e. The molecule has 0 unspecified atom stereocenters. The Morgan fingerprint density at radius 3 is 2.18 bits per heavy atom. The highest BCUT2D eigenvalue weighted by Crippen LogP contribution is 2.78. The van der Waals surface area contributed by atoms with E-state index < -0.39 is 11.4 Å². The summed E-state index contributed by atoms with van der Waals surface area (Å²) in [5.41, 5.74) is 1.96. The molecule has 0 spiro atoms. The monoisotopic (exact) mass is 782 g/mol. The van der Waals surface area contributed by atoms with Crippen LogP contribution in [0.2, 0.25) is 0 Å². The fourth-order valence-corrected chi connectivity index (χ4v) is 15.3. The Morgan fingerprint density at radius 2 is 1.52 bits per heavy atom. The van der Waals surface area contributed by atoms with E-state index >= 15 is 0 Å². The summed E-state index contributed by atoms with van der Waals surface area (Å²) in [6, 6.07) is 0. The van der Waals surface area contributed by atoms with Gasteiger partial charge < -0.3 is 24.8 Å². The first kappa shape index (κ1) is 44.1. The maximum atomic E-state index is 13.3. The zero-order chi connectivity index (χ0) is 40.7. The molecule has 0 radical (unpaired) electrons. The van der Waals surface area contributed by atoms with Gasteiger partial charge in [0.25, 0.3) is 0 Å². The van der Waals surface area contributed by atoms with Crippen LogP contribution in [0.25, 0.3) is 0 Å². The maximum absolute atomic E-state index is 13.3. The Labute approximate surface area is 342 Å². The number of esters is 1. The second kappa shape index (κ2) is 16.9. The van der Waals surface area contributed by atoms with Gasteiger partial charge in [-0.1, -0.05) is 60.6 Å². The lowest BCUT2D eigenvalue weighted by molar-refractivity contribution is -0.250. The zero-order valence-corrected chi connectivity index (χ0v) is 37.4. The lowest BCUT2D eigenvalue weighted by Crippen LogP contribution is -2.66. The predicted octanol–water partition coefficient (Wildman–Crippen LogP) is 9.08. The summed E-state index contributed by atoms with van der Waals surface area (Å²) in [7, 11) is 1.80. The number of hydrogen-bond acceptors (Lipinski definition) is 7. The van der Waals surface area contributed by atoms with E-state index in [-0.39, 0.29) is 35.7 Å². The Morgan fingerprint density at radius 1 is 0.821 bits per heavy atom. The van der Waals surface area contributed by atoms with Crippen molar-refractivity contribution in [3.05, 3.63) is 12.2 Å². The third kappa shape index (κ3) is 8.31. The molecule has 5 saturated carbocycles. The van der Waals surface area contributed by atoms with E-state index in [4.69, 9.17) is 9.47 Å². The number of nitrogens with zero attached hydrogens (tertiary/aromatic N) is 2. The van der Waals surface area contributed by atoms with E-state index in [1.165, 1.54) is 89.4 Å². The van der Waals surface area contributed by atoms with Crippen LogP contribution in [-0.4, -0.2) is 99.0 Å². The molecule has 6 aliphatic rings. The number of methoxy groups -OCH3 is 1. The summed E-state index contributed by atoms with van der Waals surface area (Å²) in [4.78, 5) is 29.9. The summed E-state index contributed by atoms with van der Waals surface area (Å²) in [6.45, 7) is 33.6. The topological polar surface area (TPSA) is 91.3 Å². The van der Waals surface area contributed by atoms with E-state index in [1.807, 2.05) is 13.8 Å². The van der Waals surface area contributed by atoms with Crippen molar-refractivity contribution in [2.75, 3.05) is 66.1 Å². The third-order valence-corrected chi connectivity index (χ3v) is 18.4. The molecule has 6 rings (SSSR count). The molecule has 0 amide bonds. The number of carbonyl (C=O) groups excluding carboxylic acids is 1. The molecule has 8 nitrogen and oxygen atoms in total. The Bertz CT molecular complexity index is 1410. The number of fused-ring (bicyclic) bond motifs is 7. The number of aliphatic carboxylic acids is 1. The molecule has 1 heterocycles. The number of allylic oxidation sites excluding steroid dienone is 1. The molecule has 1 saturated heterocycles. The number of carboxylic acids is 1. The van der Waals surface area contributed by atoms with Gasteiger partial charge in [0.2, 0.25) is 0 Å². The van der Waals surface area contributed by atoms with Crippen molar-refractivity contribution in [2.24, 2.45) is 62.1 Å². The predicted molar refractivity (Wildman–Crippen MR) is 226 cm³/mol. The number of hydrogen-bond donors (Lipinski definition) is 2. The van der Waals surface area contributed by atoms with Crippen LogP contribution >= 0.6 is 0 Å². The van der Waals surface area contributed by atoms with Crippen molar-refractivity contribution in [1.29, 1.82) is 0 Å². The highest BCUT2D eigenvalue weighted by molar-refractivity contribution is 5.73. The molecule has 0 bridgehead atoms. The Kier molecular flexibility index (Phi) is 13.3. The van der Waals surface area contributed by atoms with Crippen molar-refractivity contribution in [3.8, 4) is 0 Å². The van der Waals surface area contributed by atoms with Crippen LogP contribution in [0, 0.1) is 62.1 Å². The van der Waals surface area contributed by atoms with Crippen LogP contribution in [0.3, 0.4) is 0 Å². The SMILES string of the molecule is C=C(C)[C@@H]1CC[C@]2(CCNCCCN3CCN(CCOC)CC3)CC[C@]3(C)[C@H](CC[C@@H]4[C@@]5(C)CC[C@H](OC(=O)CC(C)(C)CC(=O)O)C(C)(C)[C@@H]5CC[C@]43C)[C@@H]12. The van der Waals surface area contributed by atoms with E-state index in [1.54, 1.807) is 7.11 Å². The molecule has 10 atom stereocenters. The number of rotatable bonds is 16. The second-order valence-electron chi connectivity index (χ2n) is 22.3. The molecule has 1 aliphatic heterocycles. The van der Waals surface area contributed by atoms with Crippen molar-refractivity contribution in [3.63, 3.8) is 0 Å². The molecule has 0 aromatic heterocycles. The van der Waals surface area contributed by atoms with Gasteiger partial charge >= 0.3 is 11.9 Å². The molecule has 56 heavy (non-hydrogen) atoms. The summed E-state index contributed by atoms with van der Waals surface area (Å²) >= 11 is 0. The molecule has 8 heteroatoms. The molecule has 5 aliphatic carbocycles. The molecule has 0 aromatic carbocycles. The van der Waals surface area contributed by atoms with Crippen molar-refractivity contribution in [1.82, 2.24) is 15.1 Å². The Hall–Kier alpha value is -1.48. The summed E-state index contributed by atoms with van der Waals surface area (Å²) < 4.78 is 11.6. The van der Waals surface area contributed by atoms with E-state index in [9.17, 15) is 14.7 Å². The van der Waals surface area contributed by atoms with Gasteiger partial charge in [0.1, 0.15) is 6.10 Å². The zero-order valence-electron chi connectivity index (χ0n) is 37.4. The largest absolute Gasteiger partial charge is 0.481 e. The number of carbonyl (C=O) groups is 2. The van der Waals surface area contributed by atoms with Gasteiger partial charge in [-0.3, -0.25) is 14.5 Å². The Balaban J connectivity index is 1.09. The average molecular weight is 782 g/mol. The van der Waals surface area contributed by atoms with Gasteiger partial charge in [0, 0.05) is 45.2 Å². The number of nitrogens with one attached hydrogen (secondary N) is 1. The molecule has 6 fully saturated rings. The van der Waals surface area contributed by atoms with Crippen LogP contribution in [0.5, 0.6) is 0 Å². The first-order valence-electron chi connectivity index (χ1n) is 23.0. The normalized spacial score (nSPS) is 39.9. The number of ether oxygens (including phenoxy) is 2. The average Bonchev–Trinajstić information content (AvgIpc) is 3.50. The summed E-state index contributed by atoms with van der Waals surface area (Å²) in [5, 5.41) is 13.3. The van der Waals surface area contributed by atoms with Crippen LogP contribution in [0.15, 0.2) is 12.2 Å². The van der Waals surface area contributed by atoms with Crippen molar-refractivity contribution >= 4 is 11.9 Å². The fraction of sp³-hybridized carbons (Fsp3) is 0.917. The van der Waals surface area contributed by atoms with E-state index in [2.05, 4.69) is 63.2 Å². The molecular formula is C48H83N3O5. The van der Waals surface area contributed by atoms with Gasteiger partial charge in [-0.2, -0.15) is 0 Å². The van der Waals surface area contributed by atoms with E-state index in [0.29, 0.717) is 34.0 Å². The molecule has 2 N–H and O–H groups in total. The van der Waals surface area contributed by atoms with Crippen LogP contribution in [0.1, 0.15) is 145 Å². The highest BCUT2D eigenvalue weighted by Gasteiger charge is 2.71. The lowest BCUT2D eigenvalue weighted by Gasteiger charge is -2.73. The third-order valence-electron chi connectivity index (χ3n) is 18.4. The summed E-state index contributed by atoms with van der Waals surface area (Å²) in [5.74, 6) is 2.22. The highest BCUT2D eigenvalue weighted by atomic mass is 16.5. The van der Waals surface area contributed by atoms with Gasteiger partial charge in [-0.05, 0) is 160 Å². The van der Waals surface area contributed by atoms with Gasteiger partial charge in [0.15, 0.2) is 0 Å². The van der Waals surface area contributed by atoms with Gasteiger partial charge in [0.05, 0.1) is 19.4 Å². The van der Waals surface area contributed by atoms with E-state index in [0.717, 1.165) is 64.0 Å². The number of piperazine rings is 1. The van der Waals surface area contributed by atoms with Gasteiger partial charge in [-0.25, -0.2) is 0 Å². The lowest BCUT2D eigenvalue weighted by atomic mass is 9.32. The summed E-state index contributed by atoms with van der Waals surface area (Å²) in [6.07, 6.45) is 15.1. The van der Waals surface area contributed by atoms with Crippen LogP contribution in [0.4, 0.5) is 0 Å². The molecular weight excluding hydrogens is 699 g/mol. The first-order valence-corrected chi connectivity index (χ1v) is 23.0. The van der Waals surface area contributed by atoms with Crippen LogP contribution in [-0.2, 0) is 19.1 Å². The smallest absolute Gasteiger partial charge is 0.306 e. The van der Waals surface area contributed by atoms with Crippen molar-refractivity contribution < 1.29 is 24.2 Å². The fourth-order valence-electron chi connectivity index (χ4n) is 15.3. The first-order chi connectivity index (χ1) is 26.3. The quantitative estimate of drug-likeness (QED) is 0.0911. The van der Waals surface area contributed by atoms with Gasteiger partial charge in [-0.15, -0.1) is 0 Å². The van der Waals surface area contributed by atoms with Crippen LogP contribution < -0.4 is 5.32 Å².